The monoisotopic (exact) mass is 342 g/mol. The molecule has 0 aliphatic carbocycles. The second-order valence-electron chi connectivity index (χ2n) is 5.47. The summed E-state index contributed by atoms with van der Waals surface area (Å²) in [7, 11) is 0. The van der Waals surface area contributed by atoms with E-state index in [0.717, 1.165) is 33.2 Å². The average molecular weight is 342 g/mol. The van der Waals surface area contributed by atoms with Crippen molar-refractivity contribution in [2.75, 3.05) is 0 Å². The van der Waals surface area contributed by atoms with Crippen molar-refractivity contribution in [3.05, 3.63) is 66.0 Å². The Morgan fingerprint density at radius 1 is 1.29 bits per heavy atom. The Balaban J connectivity index is 0.00000208. The molecule has 1 aromatic heterocycles. The molecule has 3 rings (SSSR count). The molecule has 0 bridgehead atoms. The fourth-order valence-electron chi connectivity index (χ4n) is 2.79. The van der Waals surface area contributed by atoms with Crippen molar-refractivity contribution < 1.29 is 51.4 Å². The molecule has 0 spiro atoms. The number of benzene rings is 2. The van der Waals surface area contributed by atoms with E-state index in [2.05, 4.69) is 29.2 Å². The predicted molar refractivity (Wildman–Crippen MR) is 96.3 cm³/mol. The van der Waals surface area contributed by atoms with Gasteiger partial charge in [0.1, 0.15) is 0 Å². The minimum Gasteiger partial charge on any atom is -0.412 e. The molecule has 0 saturated carbocycles. The third-order valence-electron chi connectivity index (χ3n) is 3.88. The largest absolute Gasteiger partial charge is 1.00 e. The van der Waals surface area contributed by atoms with Gasteiger partial charge in [-0.25, -0.2) is 0 Å². The van der Waals surface area contributed by atoms with Crippen LogP contribution in [-0.4, -0.2) is 17.2 Å². The van der Waals surface area contributed by atoms with Crippen molar-refractivity contribution in [3.63, 3.8) is 0 Å². The van der Waals surface area contributed by atoms with Gasteiger partial charge in [0.05, 0.1) is 5.52 Å². The van der Waals surface area contributed by atoms with Gasteiger partial charge in [0.25, 0.3) is 0 Å². The molecule has 116 valence electrons. The van der Waals surface area contributed by atoms with Gasteiger partial charge in [0, 0.05) is 23.8 Å². The van der Waals surface area contributed by atoms with E-state index in [4.69, 9.17) is 16.9 Å². The maximum Gasteiger partial charge on any atom is 1.00 e. The number of hydrogen-bond donors (Lipinski definition) is 4. The molecule has 5 heteroatoms. The van der Waals surface area contributed by atoms with Crippen LogP contribution in [0.3, 0.4) is 0 Å². The second kappa shape index (κ2) is 8.76. The summed E-state index contributed by atoms with van der Waals surface area (Å²) >= 11 is 0. The van der Waals surface area contributed by atoms with Crippen LogP contribution in [0.25, 0.3) is 28.1 Å². The van der Waals surface area contributed by atoms with E-state index in [0.29, 0.717) is 6.42 Å². The number of nitrogens with one attached hydrogen (secondary N) is 2. The first-order valence-corrected chi connectivity index (χ1v) is 7.48. The molecule has 1 heterocycles. The van der Waals surface area contributed by atoms with Gasteiger partial charge in [0.15, 0.2) is 0 Å². The van der Waals surface area contributed by atoms with Gasteiger partial charge in [-0.1, -0.05) is 23.8 Å². The Bertz CT molecular complexity index is 867. The normalized spacial score (nSPS) is 12.2. The summed E-state index contributed by atoms with van der Waals surface area (Å²) in [6.07, 6.45) is 7.25. The van der Waals surface area contributed by atoms with Gasteiger partial charge in [0.2, 0.25) is 0 Å². The summed E-state index contributed by atoms with van der Waals surface area (Å²) in [5, 5.41) is 8.42. The summed E-state index contributed by atoms with van der Waals surface area (Å²) in [6.45, 7) is 0. The molecule has 1 atom stereocenters. The summed E-state index contributed by atoms with van der Waals surface area (Å²) in [4.78, 5) is 3.35. The van der Waals surface area contributed by atoms with Crippen LogP contribution in [0.5, 0.6) is 0 Å². The van der Waals surface area contributed by atoms with Gasteiger partial charge >= 0.3 is 51.4 Å². The first kappa shape index (κ1) is 19.1. The van der Waals surface area contributed by atoms with Crippen LogP contribution in [0.2, 0.25) is 0 Å². The van der Waals surface area contributed by atoms with Gasteiger partial charge in [-0.05, 0) is 23.7 Å². The van der Waals surface area contributed by atoms with Crippen LogP contribution in [-0.2, 0) is 6.42 Å². The molecule has 1 unspecified atom stereocenters. The molecule has 0 aliphatic rings. The molecule has 0 saturated heterocycles. The van der Waals surface area contributed by atoms with E-state index in [1.165, 1.54) is 12.4 Å². The number of aromatic nitrogens is 1. The van der Waals surface area contributed by atoms with Gasteiger partial charge in [-0.3, -0.25) is 0 Å². The first-order chi connectivity index (χ1) is 11.2. The van der Waals surface area contributed by atoms with E-state index in [1.54, 1.807) is 0 Å². The Morgan fingerprint density at radius 3 is 2.88 bits per heavy atom. The van der Waals surface area contributed by atoms with Crippen LogP contribution < -0.4 is 62.9 Å². The molecular weight excluding hydrogens is 323 g/mol. The zero-order valence-electron chi connectivity index (χ0n) is 13.7. The number of fused-ring (bicyclic) bond motifs is 1. The third kappa shape index (κ3) is 4.06. The minimum atomic E-state index is -0.259. The van der Waals surface area contributed by atoms with E-state index in [9.17, 15) is 0 Å². The Morgan fingerprint density at radius 2 is 2.12 bits per heavy atom. The van der Waals surface area contributed by atoms with Crippen molar-refractivity contribution in [1.82, 2.24) is 4.98 Å². The SMILES string of the molecule is N=CC(N)Cc1c[nH]c2c(-c3cc[c-]c(/C=C\N)c3)cccc12.[K+]. The van der Waals surface area contributed by atoms with E-state index in [-0.39, 0.29) is 57.4 Å². The van der Waals surface area contributed by atoms with Gasteiger partial charge in [-0.2, -0.15) is 0 Å². The van der Waals surface area contributed by atoms with Crippen LogP contribution >= 0.6 is 0 Å². The zero-order valence-corrected chi connectivity index (χ0v) is 16.8. The molecule has 0 radical (unpaired) electrons. The molecule has 3 aromatic rings. The summed E-state index contributed by atoms with van der Waals surface area (Å²) in [5.41, 5.74) is 16.7. The fraction of sp³-hybridized carbons (Fsp3) is 0.105. The number of nitrogens with two attached hydrogens (primary N) is 2. The summed E-state index contributed by atoms with van der Waals surface area (Å²) < 4.78 is 0. The molecule has 4 nitrogen and oxygen atoms in total. The number of aromatic amines is 1. The molecule has 2 aromatic carbocycles. The minimum absolute atomic E-state index is 0. The third-order valence-corrected chi connectivity index (χ3v) is 3.88. The fourth-order valence-corrected chi connectivity index (χ4v) is 2.79. The Kier molecular flexibility index (Phi) is 6.97. The van der Waals surface area contributed by atoms with Crippen LogP contribution in [0.1, 0.15) is 11.1 Å². The van der Waals surface area contributed by atoms with Crippen molar-refractivity contribution in [2.24, 2.45) is 11.5 Å². The number of para-hydroxylation sites is 1. The van der Waals surface area contributed by atoms with Crippen LogP contribution in [0, 0.1) is 11.5 Å². The Labute approximate surface area is 184 Å². The maximum atomic E-state index is 7.28. The smallest absolute Gasteiger partial charge is 0.412 e. The molecule has 0 aliphatic heterocycles. The number of H-pyrrole nitrogens is 1. The predicted octanol–water partition coefficient (Wildman–Crippen LogP) is 0.0879. The van der Waals surface area contributed by atoms with Crippen molar-refractivity contribution in [3.8, 4) is 11.1 Å². The maximum absolute atomic E-state index is 7.28. The average Bonchev–Trinajstić information content (AvgIpc) is 2.98. The van der Waals surface area contributed by atoms with E-state index in [1.807, 2.05) is 30.5 Å². The topological polar surface area (TPSA) is 91.7 Å². The first-order valence-electron chi connectivity index (χ1n) is 7.48. The number of hydrogen-bond acceptors (Lipinski definition) is 3. The molecular formula is C19H19KN4. The number of rotatable bonds is 5. The van der Waals surface area contributed by atoms with Crippen molar-refractivity contribution in [1.29, 1.82) is 5.41 Å². The summed E-state index contributed by atoms with van der Waals surface area (Å²) in [5.74, 6) is 0. The van der Waals surface area contributed by atoms with Crippen LogP contribution in [0.15, 0.2) is 48.8 Å². The van der Waals surface area contributed by atoms with Crippen LogP contribution in [0.4, 0.5) is 0 Å². The standard InChI is InChI=1S/C19H19N4.K/c20-8-7-13-3-1-4-14(9-13)17-5-2-6-18-15(10-16(22)11-21)12-23-19(17)18;/h1-2,4-9,11-12,16,21,23H,10,20,22H2;/q-1;+1/b8-7-,21-11?;. The van der Waals surface area contributed by atoms with Crippen molar-refractivity contribution >= 4 is 23.2 Å². The van der Waals surface area contributed by atoms with Crippen molar-refractivity contribution in [2.45, 2.75) is 12.5 Å². The van der Waals surface area contributed by atoms with E-state index >= 15 is 0 Å². The second-order valence-corrected chi connectivity index (χ2v) is 5.47. The van der Waals surface area contributed by atoms with Gasteiger partial charge in [-0.15, -0.1) is 35.9 Å². The molecule has 0 fully saturated rings. The summed E-state index contributed by atoms with van der Waals surface area (Å²) in [6, 6.07) is 15.1. The van der Waals surface area contributed by atoms with E-state index < -0.39 is 0 Å². The molecule has 6 N–H and O–H groups in total. The Hall–Kier alpha value is -1.21. The van der Waals surface area contributed by atoms with Gasteiger partial charge < -0.3 is 21.9 Å². The molecule has 24 heavy (non-hydrogen) atoms. The quantitative estimate of drug-likeness (QED) is 0.301. The zero-order chi connectivity index (χ0) is 16.2. The molecule has 0 amide bonds.